The Morgan fingerprint density at radius 2 is 1.59 bits per heavy atom. The second-order valence-corrected chi connectivity index (χ2v) is 6.77. The molecule has 0 unspecified atom stereocenters. The highest BCUT2D eigenvalue weighted by molar-refractivity contribution is 7.98. The maximum atomic E-state index is 12.3. The molecule has 1 aliphatic heterocycles. The van der Waals surface area contributed by atoms with E-state index in [4.69, 9.17) is 0 Å². The van der Waals surface area contributed by atoms with Gasteiger partial charge in [0.1, 0.15) is 0 Å². The summed E-state index contributed by atoms with van der Waals surface area (Å²) in [4.78, 5) is 29.2. The molecule has 0 spiro atoms. The first-order valence-corrected chi connectivity index (χ1v) is 8.93. The van der Waals surface area contributed by atoms with Crippen LogP contribution >= 0.6 is 11.8 Å². The van der Waals surface area contributed by atoms with Gasteiger partial charge in [-0.15, -0.1) is 11.8 Å². The molecule has 0 aromatic heterocycles. The monoisotopic (exact) mass is 320 g/mol. The SMILES string of the molecule is CSc1ccc(CC(=O)N2CCN(C(=O)C(C)C)CC2)cc1. The van der Waals surface area contributed by atoms with E-state index in [2.05, 4.69) is 0 Å². The molecule has 0 aliphatic carbocycles. The van der Waals surface area contributed by atoms with Gasteiger partial charge >= 0.3 is 0 Å². The molecule has 22 heavy (non-hydrogen) atoms. The molecular formula is C17H24N2O2S. The predicted octanol–water partition coefficient (Wildman–Crippen LogP) is 2.28. The molecule has 0 bridgehead atoms. The highest BCUT2D eigenvalue weighted by Gasteiger charge is 2.25. The van der Waals surface area contributed by atoms with Crippen molar-refractivity contribution < 1.29 is 9.59 Å². The van der Waals surface area contributed by atoms with Crippen LogP contribution in [0.15, 0.2) is 29.2 Å². The van der Waals surface area contributed by atoms with E-state index in [1.807, 2.05) is 54.2 Å². The quantitative estimate of drug-likeness (QED) is 0.799. The maximum absolute atomic E-state index is 12.3. The van der Waals surface area contributed by atoms with Crippen LogP contribution in [0.5, 0.6) is 0 Å². The Balaban J connectivity index is 1.85. The van der Waals surface area contributed by atoms with Gasteiger partial charge in [0.05, 0.1) is 6.42 Å². The fourth-order valence-electron chi connectivity index (χ4n) is 2.57. The molecule has 1 fully saturated rings. The lowest BCUT2D eigenvalue weighted by Crippen LogP contribution is -2.51. The number of hydrogen-bond acceptors (Lipinski definition) is 3. The number of rotatable bonds is 4. The number of carbonyl (C=O) groups is 2. The number of hydrogen-bond donors (Lipinski definition) is 0. The largest absolute Gasteiger partial charge is 0.339 e. The van der Waals surface area contributed by atoms with Crippen LogP contribution in [0.2, 0.25) is 0 Å². The molecule has 1 aliphatic rings. The molecule has 0 N–H and O–H groups in total. The van der Waals surface area contributed by atoms with E-state index in [0.717, 1.165) is 5.56 Å². The topological polar surface area (TPSA) is 40.6 Å². The van der Waals surface area contributed by atoms with Gasteiger partial charge in [-0.25, -0.2) is 0 Å². The summed E-state index contributed by atoms with van der Waals surface area (Å²) >= 11 is 1.70. The lowest BCUT2D eigenvalue weighted by atomic mass is 10.1. The molecule has 1 aromatic rings. The van der Waals surface area contributed by atoms with Crippen molar-refractivity contribution in [2.24, 2.45) is 5.92 Å². The van der Waals surface area contributed by atoms with Gasteiger partial charge in [0, 0.05) is 37.0 Å². The molecule has 0 saturated carbocycles. The van der Waals surface area contributed by atoms with E-state index in [0.29, 0.717) is 32.6 Å². The van der Waals surface area contributed by atoms with Gasteiger partial charge in [-0.3, -0.25) is 9.59 Å². The average Bonchev–Trinajstić information content (AvgIpc) is 2.55. The summed E-state index contributed by atoms with van der Waals surface area (Å²) in [7, 11) is 0. The van der Waals surface area contributed by atoms with Crippen molar-refractivity contribution in [3.8, 4) is 0 Å². The third-order valence-corrected chi connectivity index (χ3v) is 4.70. The van der Waals surface area contributed by atoms with Gasteiger partial charge in [0.2, 0.25) is 11.8 Å². The number of piperazine rings is 1. The van der Waals surface area contributed by atoms with Crippen molar-refractivity contribution in [3.05, 3.63) is 29.8 Å². The molecular weight excluding hydrogens is 296 g/mol. The maximum Gasteiger partial charge on any atom is 0.227 e. The lowest BCUT2D eigenvalue weighted by molar-refractivity contribution is -0.141. The van der Waals surface area contributed by atoms with E-state index < -0.39 is 0 Å². The zero-order valence-corrected chi connectivity index (χ0v) is 14.4. The molecule has 0 atom stereocenters. The van der Waals surface area contributed by atoms with Crippen molar-refractivity contribution in [1.29, 1.82) is 0 Å². The minimum Gasteiger partial charge on any atom is -0.339 e. The van der Waals surface area contributed by atoms with Crippen LogP contribution in [0.4, 0.5) is 0 Å². The van der Waals surface area contributed by atoms with E-state index in [1.165, 1.54) is 4.90 Å². The lowest BCUT2D eigenvalue weighted by Gasteiger charge is -2.35. The number of carbonyl (C=O) groups excluding carboxylic acids is 2. The van der Waals surface area contributed by atoms with Crippen LogP contribution in [0.3, 0.4) is 0 Å². The van der Waals surface area contributed by atoms with Gasteiger partial charge in [-0.1, -0.05) is 26.0 Å². The van der Waals surface area contributed by atoms with Crippen molar-refractivity contribution in [2.75, 3.05) is 32.4 Å². The molecule has 2 amide bonds. The summed E-state index contributed by atoms with van der Waals surface area (Å²) in [6.07, 6.45) is 2.48. The Morgan fingerprint density at radius 1 is 1.05 bits per heavy atom. The highest BCUT2D eigenvalue weighted by Crippen LogP contribution is 2.16. The van der Waals surface area contributed by atoms with E-state index >= 15 is 0 Å². The summed E-state index contributed by atoms with van der Waals surface area (Å²) in [5.41, 5.74) is 1.04. The van der Waals surface area contributed by atoms with Crippen LogP contribution in [-0.4, -0.2) is 54.0 Å². The first-order valence-electron chi connectivity index (χ1n) is 7.70. The second-order valence-electron chi connectivity index (χ2n) is 5.89. The Kier molecular flexibility index (Phi) is 5.89. The predicted molar refractivity (Wildman–Crippen MR) is 89.9 cm³/mol. The Bertz CT molecular complexity index is 520. The molecule has 120 valence electrons. The van der Waals surface area contributed by atoms with E-state index in [1.54, 1.807) is 11.8 Å². The summed E-state index contributed by atoms with van der Waals surface area (Å²) < 4.78 is 0. The van der Waals surface area contributed by atoms with Gasteiger partial charge in [0.25, 0.3) is 0 Å². The standard InChI is InChI=1S/C17H24N2O2S/c1-13(2)17(21)19-10-8-18(9-11-19)16(20)12-14-4-6-15(22-3)7-5-14/h4-7,13H,8-12H2,1-3H3. The van der Waals surface area contributed by atoms with Crippen molar-refractivity contribution in [3.63, 3.8) is 0 Å². The van der Waals surface area contributed by atoms with Gasteiger partial charge < -0.3 is 9.80 Å². The molecule has 4 nitrogen and oxygen atoms in total. The van der Waals surface area contributed by atoms with Crippen molar-refractivity contribution >= 4 is 23.6 Å². The van der Waals surface area contributed by atoms with Crippen LogP contribution < -0.4 is 0 Å². The summed E-state index contributed by atoms with van der Waals surface area (Å²) in [5, 5.41) is 0. The smallest absolute Gasteiger partial charge is 0.227 e. The van der Waals surface area contributed by atoms with E-state index in [-0.39, 0.29) is 17.7 Å². The summed E-state index contributed by atoms with van der Waals surface area (Å²) in [6.45, 7) is 6.40. The van der Waals surface area contributed by atoms with Gasteiger partial charge in [-0.05, 0) is 24.0 Å². The van der Waals surface area contributed by atoms with Crippen LogP contribution in [-0.2, 0) is 16.0 Å². The zero-order valence-electron chi connectivity index (χ0n) is 13.5. The molecule has 1 saturated heterocycles. The molecule has 1 heterocycles. The number of benzene rings is 1. The van der Waals surface area contributed by atoms with Crippen molar-refractivity contribution in [2.45, 2.75) is 25.2 Å². The molecule has 1 aromatic carbocycles. The van der Waals surface area contributed by atoms with Gasteiger partial charge in [0.15, 0.2) is 0 Å². The Labute approximate surface area is 136 Å². The second kappa shape index (κ2) is 7.68. The molecule has 5 heteroatoms. The fourth-order valence-corrected chi connectivity index (χ4v) is 2.98. The third-order valence-electron chi connectivity index (χ3n) is 3.95. The average molecular weight is 320 g/mol. The van der Waals surface area contributed by atoms with Crippen LogP contribution in [0.25, 0.3) is 0 Å². The molecule has 2 rings (SSSR count). The normalized spacial score (nSPS) is 15.3. The van der Waals surface area contributed by atoms with E-state index in [9.17, 15) is 9.59 Å². The first kappa shape index (κ1) is 16.9. The number of thioether (sulfide) groups is 1. The summed E-state index contributed by atoms with van der Waals surface area (Å²) in [6, 6.07) is 8.13. The third kappa shape index (κ3) is 4.26. The molecule has 0 radical (unpaired) electrons. The number of nitrogens with zero attached hydrogens (tertiary/aromatic N) is 2. The Hall–Kier alpha value is -1.49. The fraction of sp³-hybridized carbons (Fsp3) is 0.529. The zero-order chi connectivity index (χ0) is 16.1. The highest BCUT2D eigenvalue weighted by atomic mass is 32.2. The number of amides is 2. The minimum atomic E-state index is 0.0252. The van der Waals surface area contributed by atoms with Crippen molar-refractivity contribution in [1.82, 2.24) is 9.80 Å². The summed E-state index contributed by atoms with van der Waals surface area (Å²) in [5.74, 6) is 0.352. The van der Waals surface area contributed by atoms with Crippen LogP contribution in [0, 0.1) is 5.92 Å². The Morgan fingerprint density at radius 3 is 2.09 bits per heavy atom. The van der Waals surface area contributed by atoms with Gasteiger partial charge in [-0.2, -0.15) is 0 Å². The van der Waals surface area contributed by atoms with Crippen LogP contribution in [0.1, 0.15) is 19.4 Å². The minimum absolute atomic E-state index is 0.0252. The first-order chi connectivity index (χ1) is 10.5.